The van der Waals surface area contributed by atoms with E-state index in [1.807, 2.05) is 0 Å². The molecule has 0 spiro atoms. The summed E-state index contributed by atoms with van der Waals surface area (Å²) in [7, 11) is 0. The molecule has 2 rings (SSSR count). The van der Waals surface area contributed by atoms with Gasteiger partial charge in [0.05, 0.1) is 5.71 Å². The number of carbonyl (C=O) groups is 1. The summed E-state index contributed by atoms with van der Waals surface area (Å²) >= 11 is 0. The second kappa shape index (κ2) is 3.47. The van der Waals surface area contributed by atoms with Crippen molar-refractivity contribution < 1.29 is 14.7 Å². The summed E-state index contributed by atoms with van der Waals surface area (Å²) in [6.07, 6.45) is 3.56. The number of oxime groups is 1. The Morgan fingerprint density at radius 2 is 2.25 bits per heavy atom. The number of carboxylic acids is 1. The minimum absolute atomic E-state index is 0.0610. The summed E-state index contributed by atoms with van der Waals surface area (Å²) < 4.78 is 0. The third-order valence-electron chi connectivity index (χ3n) is 4.29. The molecule has 0 aliphatic heterocycles. The Hall–Kier alpha value is -1.06. The second-order valence-corrected chi connectivity index (χ2v) is 5.83. The number of nitrogens with zero attached hydrogens (tertiary/aromatic N) is 1. The van der Waals surface area contributed by atoms with Crippen molar-refractivity contribution in [2.45, 2.75) is 40.0 Å². The first-order valence-electron chi connectivity index (χ1n) is 5.79. The van der Waals surface area contributed by atoms with Crippen LogP contribution >= 0.6 is 0 Å². The second-order valence-electron chi connectivity index (χ2n) is 5.83. The summed E-state index contributed by atoms with van der Waals surface area (Å²) in [4.78, 5) is 15.3. The van der Waals surface area contributed by atoms with Gasteiger partial charge in [0.25, 0.3) is 0 Å². The van der Waals surface area contributed by atoms with E-state index >= 15 is 0 Å². The van der Waals surface area contributed by atoms with Crippen LogP contribution < -0.4 is 0 Å². The molecule has 0 heterocycles. The van der Waals surface area contributed by atoms with E-state index in [0.29, 0.717) is 5.92 Å². The largest absolute Gasteiger partial charge is 0.479 e. The summed E-state index contributed by atoms with van der Waals surface area (Å²) in [5.74, 6) is -0.305. The van der Waals surface area contributed by atoms with E-state index in [4.69, 9.17) is 9.94 Å². The van der Waals surface area contributed by atoms with Gasteiger partial charge in [0.1, 0.15) is 0 Å². The Morgan fingerprint density at radius 1 is 1.56 bits per heavy atom. The molecule has 0 aromatic carbocycles. The average Bonchev–Trinajstić information content (AvgIpc) is 2.62. The van der Waals surface area contributed by atoms with Gasteiger partial charge >= 0.3 is 5.97 Å². The summed E-state index contributed by atoms with van der Waals surface area (Å²) in [6, 6.07) is 0. The number of rotatable bonds is 3. The van der Waals surface area contributed by atoms with Crippen LogP contribution in [0.3, 0.4) is 0 Å². The quantitative estimate of drug-likeness (QED) is 0.750. The van der Waals surface area contributed by atoms with E-state index in [9.17, 15) is 4.79 Å². The molecule has 0 aromatic heterocycles. The zero-order valence-electron chi connectivity index (χ0n) is 10.1. The van der Waals surface area contributed by atoms with Gasteiger partial charge in [0.2, 0.25) is 6.61 Å². The predicted octanol–water partition coefficient (Wildman–Crippen LogP) is 2.29. The van der Waals surface area contributed by atoms with Crippen molar-refractivity contribution >= 4 is 11.7 Å². The zero-order chi connectivity index (χ0) is 12.0. The Kier molecular flexibility index (Phi) is 2.48. The molecule has 2 saturated carbocycles. The van der Waals surface area contributed by atoms with Crippen molar-refractivity contribution in [2.24, 2.45) is 21.9 Å². The summed E-state index contributed by atoms with van der Waals surface area (Å²) in [5, 5.41) is 12.6. The van der Waals surface area contributed by atoms with E-state index in [-0.39, 0.29) is 17.4 Å². The minimum Gasteiger partial charge on any atom is -0.479 e. The monoisotopic (exact) mass is 225 g/mol. The van der Waals surface area contributed by atoms with E-state index in [1.54, 1.807) is 0 Å². The fourth-order valence-corrected chi connectivity index (χ4v) is 3.42. The lowest BCUT2D eigenvalue weighted by molar-refractivity contribution is -0.142. The topological polar surface area (TPSA) is 58.9 Å². The van der Waals surface area contributed by atoms with E-state index in [1.165, 1.54) is 6.42 Å². The van der Waals surface area contributed by atoms with Crippen LogP contribution in [0.4, 0.5) is 0 Å². The highest BCUT2D eigenvalue weighted by molar-refractivity contribution is 5.97. The molecular formula is C12H19NO3. The van der Waals surface area contributed by atoms with Crippen LogP contribution in [-0.4, -0.2) is 23.4 Å². The molecule has 2 fully saturated rings. The molecule has 90 valence electrons. The molecule has 0 amide bonds. The summed E-state index contributed by atoms with van der Waals surface area (Å²) in [6.45, 7) is 6.24. The highest BCUT2D eigenvalue weighted by Crippen LogP contribution is 2.60. The fourth-order valence-electron chi connectivity index (χ4n) is 3.42. The van der Waals surface area contributed by atoms with Gasteiger partial charge in [-0.25, -0.2) is 4.79 Å². The van der Waals surface area contributed by atoms with Gasteiger partial charge in [0, 0.05) is 10.8 Å². The van der Waals surface area contributed by atoms with Crippen molar-refractivity contribution in [3.05, 3.63) is 0 Å². The molecule has 16 heavy (non-hydrogen) atoms. The van der Waals surface area contributed by atoms with Crippen LogP contribution in [0.5, 0.6) is 0 Å². The standard InChI is InChI=1S/C12H19NO3/c1-11(2)8-4-5-12(3,6-8)10(11)13-16-7-9(14)15/h8H,4-7H2,1-3H3,(H,14,15)/b13-10-/t8-,12+/m1/s1. The molecule has 2 aliphatic rings. The van der Waals surface area contributed by atoms with Crippen molar-refractivity contribution in [3.63, 3.8) is 0 Å². The third kappa shape index (κ3) is 1.60. The van der Waals surface area contributed by atoms with Gasteiger partial charge in [-0.3, -0.25) is 0 Å². The smallest absolute Gasteiger partial charge is 0.344 e. The summed E-state index contributed by atoms with van der Waals surface area (Å²) in [5.41, 5.74) is 1.25. The maximum absolute atomic E-state index is 10.4. The SMILES string of the molecule is CC1(C)/C(=N/OCC(=O)O)[C@@]2(C)CC[C@@H]1C2. The first kappa shape index (κ1) is 11.4. The number of hydrogen-bond donors (Lipinski definition) is 1. The Bertz CT molecular complexity index is 341. The molecule has 0 unspecified atom stereocenters. The van der Waals surface area contributed by atoms with Gasteiger partial charge in [-0.1, -0.05) is 25.9 Å². The average molecular weight is 225 g/mol. The molecule has 4 nitrogen and oxygen atoms in total. The van der Waals surface area contributed by atoms with E-state index in [2.05, 4.69) is 25.9 Å². The number of hydrogen-bond acceptors (Lipinski definition) is 3. The fraction of sp³-hybridized carbons (Fsp3) is 0.833. The molecule has 2 atom stereocenters. The third-order valence-corrected chi connectivity index (χ3v) is 4.29. The molecular weight excluding hydrogens is 206 g/mol. The predicted molar refractivity (Wildman–Crippen MR) is 60.3 cm³/mol. The van der Waals surface area contributed by atoms with Gasteiger partial charge in [-0.15, -0.1) is 0 Å². The molecule has 0 aromatic rings. The lowest BCUT2D eigenvalue weighted by Gasteiger charge is -2.34. The molecule has 4 heteroatoms. The Labute approximate surface area is 95.7 Å². The number of carboxylic acid groups (broad SMARTS) is 1. The Morgan fingerprint density at radius 3 is 2.75 bits per heavy atom. The normalized spacial score (nSPS) is 37.9. The van der Waals surface area contributed by atoms with E-state index < -0.39 is 5.97 Å². The Balaban J connectivity index is 2.16. The number of fused-ring (bicyclic) bond motifs is 2. The molecule has 2 bridgehead atoms. The number of aliphatic carboxylic acids is 1. The molecule has 0 radical (unpaired) electrons. The zero-order valence-corrected chi connectivity index (χ0v) is 10.1. The van der Waals surface area contributed by atoms with Crippen LogP contribution in [0.2, 0.25) is 0 Å². The minimum atomic E-state index is -0.976. The van der Waals surface area contributed by atoms with Crippen LogP contribution in [0, 0.1) is 16.7 Å². The lowest BCUT2D eigenvalue weighted by Crippen LogP contribution is -2.36. The van der Waals surface area contributed by atoms with Crippen molar-refractivity contribution in [1.29, 1.82) is 0 Å². The van der Waals surface area contributed by atoms with Crippen molar-refractivity contribution in [1.82, 2.24) is 0 Å². The van der Waals surface area contributed by atoms with E-state index in [0.717, 1.165) is 18.6 Å². The maximum atomic E-state index is 10.4. The van der Waals surface area contributed by atoms with Crippen LogP contribution in [0.15, 0.2) is 5.16 Å². The first-order chi connectivity index (χ1) is 7.36. The lowest BCUT2D eigenvalue weighted by atomic mass is 9.71. The highest BCUT2D eigenvalue weighted by atomic mass is 16.6. The van der Waals surface area contributed by atoms with Crippen LogP contribution in [0.1, 0.15) is 40.0 Å². The van der Waals surface area contributed by atoms with Crippen LogP contribution in [-0.2, 0) is 9.63 Å². The van der Waals surface area contributed by atoms with Crippen molar-refractivity contribution in [2.75, 3.05) is 6.61 Å². The molecule has 0 saturated heterocycles. The maximum Gasteiger partial charge on any atom is 0.344 e. The van der Waals surface area contributed by atoms with Crippen molar-refractivity contribution in [3.8, 4) is 0 Å². The molecule has 2 aliphatic carbocycles. The highest BCUT2D eigenvalue weighted by Gasteiger charge is 2.57. The van der Waals surface area contributed by atoms with Gasteiger partial charge in [-0.2, -0.15) is 0 Å². The van der Waals surface area contributed by atoms with Gasteiger partial charge in [-0.05, 0) is 25.2 Å². The van der Waals surface area contributed by atoms with Gasteiger partial charge < -0.3 is 9.94 Å². The first-order valence-corrected chi connectivity index (χ1v) is 5.79. The van der Waals surface area contributed by atoms with Gasteiger partial charge in [0.15, 0.2) is 0 Å². The molecule has 1 N–H and O–H groups in total. The van der Waals surface area contributed by atoms with Crippen LogP contribution in [0.25, 0.3) is 0 Å².